The average molecular weight is 412 g/mol. The van der Waals surface area contributed by atoms with Crippen LogP contribution in [0.4, 0.5) is 5.69 Å². The van der Waals surface area contributed by atoms with E-state index in [9.17, 15) is 8.42 Å². The van der Waals surface area contributed by atoms with Gasteiger partial charge in [-0.05, 0) is 46.3 Å². The lowest BCUT2D eigenvalue weighted by Crippen LogP contribution is -2.31. The van der Waals surface area contributed by atoms with Crippen molar-refractivity contribution in [1.29, 1.82) is 0 Å². The first-order chi connectivity index (χ1) is 11.5. The Morgan fingerprint density at radius 2 is 1.79 bits per heavy atom. The first-order valence-corrected chi connectivity index (χ1v) is 9.29. The Labute approximate surface area is 150 Å². The molecular weight excluding hydrogens is 394 g/mol. The van der Waals surface area contributed by atoms with E-state index in [4.69, 9.17) is 9.47 Å². The van der Waals surface area contributed by atoms with Crippen molar-refractivity contribution in [1.82, 2.24) is 0 Å². The molecule has 0 aromatic heterocycles. The maximum absolute atomic E-state index is 13.1. The predicted octanol–water partition coefficient (Wildman–Crippen LogP) is 3.85. The Kier molecular flexibility index (Phi) is 5.90. The summed E-state index contributed by atoms with van der Waals surface area (Å²) in [5.41, 5.74) is 0.451. The van der Waals surface area contributed by atoms with Gasteiger partial charge in [-0.1, -0.05) is 18.2 Å². The van der Waals surface area contributed by atoms with E-state index in [1.54, 1.807) is 30.3 Å². The summed E-state index contributed by atoms with van der Waals surface area (Å²) in [7, 11) is -0.777. The molecule has 0 bridgehead atoms. The average Bonchev–Trinajstić information content (AvgIpc) is 2.59. The number of para-hydroxylation sites is 2. The van der Waals surface area contributed by atoms with Crippen LogP contribution in [0.2, 0.25) is 0 Å². The van der Waals surface area contributed by atoms with Crippen LogP contribution in [0.5, 0.6) is 11.5 Å². The Hall–Kier alpha value is -1.99. The summed E-state index contributed by atoms with van der Waals surface area (Å²) in [4.78, 5) is 0.142. The molecule has 0 aliphatic carbocycles. The van der Waals surface area contributed by atoms with Gasteiger partial charge in [-0.3, -0.25) is 4.31 Å². The molecule has 0 radical (unpaired) electrons. The van der Waals surface area contributed by atoms with Crippen LogP contribution in [0.3, 0.4) is 0 Å². The second-order valence-electron chi connectivity index (χ2n) is 4.79. The zero-order valence-corrected chi connectivity index (χ0v) is 15.8. The Bertz CT molecular complexity index is 836. The van der Waals surface area contributed by atoms with E-state index >= 15 is 0 Å². The van der Waals surface area contributed by atoms with Crippen LogP contribution in [0.1, 0.15) is 0 Å². The van der Waals surface area contributed by atoms with Crippen molar-refractivity contribution in [2.24, 2.45) is 0 Å². The maximum Gasteiger partial charge on any atom is 0.264 e. The van der Waals surface area contributed by atoms with E-state index in [1.807, 2.05) is 0 Å². The van der Waals surface area contributed by atoms with Gasteiger partial charge in [0.2, 0.25) is 0 Å². The second kappa shape index (κ2) is 7.72. The second-order valence-corrected chi connectivity index (χ2v) is 7.51. The number of methoxy groups -OCH3 is 2. The molecule has 0 unspecified atom stereocenters. The minimum atomic E-state index is -3.80. The summed E-state index contributed by atoms with van der Waals surface area (Å²) in [5, 5.41) is 0. The van der Waals surface area contributed by atoms with Gasteiger partial charge in [-0.25, -0.2) is 8.42 Å². The van der Waals surface area contributed by atoms with Gasteiger partial charge in [0.15, 0.2) is 0 Å². The summed E-state index contributed by atoms with van der Waals surface area (Å²) in [6.45, 7) is 3.77. The molecule has 0 saturated heterocycles. The van der Waals surface area contributed by atoms with Crippen LogP contribution in [0.15, 0.2) is 64.5 Å². The fourth-order valence-electron chi connectivity index (χ4n) is 2.21. The molecule has 0 heterocycles. The van der Waals surface area contributed by atoms with Gasteiger partial charge in [-0.2, -0.15) is 0 Å². The summed E-state index contributed by atoms with van der Waals surface area (Å²) in [6, 6.07) is 11.6. The SMILES string of the molecule is C=CCN(c1ccccc1OC)S(=O)(=O)c1ccc(OC)c(Br)c1. The van der Waals surface area contributed by atoms with Crippen LogP contribution in [0.25, 0.3) is 0 Å². The number of nitrogens with zero attached hydrogens (tertiary/aromatic N) is 1. The first-order valence-electron chi connectivity index (χ1n) is 7.06. The number of anilines is 1. The van der Waals surface area contributed by atoms with Crippen molar-refractivity contribution < 1.29 is 17.9 Å². The largest absolute Gasteiger partial charge is 0.496 e. The van der Waals surface area contributed by atoms with Gasteiger partial charge in [0, 0.05) is 0 Å². The van der Waals surface area contributed by atoms with Crippen LogP contribution in [-0.4, -0.2) is 29.2 Å². The van der Waals surface area contributed by atoms with Crippen LogP contribution < -0.4 is 13.8 Å². The zero-order valence-electron chi connectivity index (χ0n) is 13.4. The lowest BCUT2D eigenvalue weighted by atomic mass is 10.3. The fourth-order valence-corrected chi connectivity index (χ4v) is 4.38. The fraction of sp³-hybridized carbons (Fsp3) is 0.176. The zero-order chi connectivity index (χ0) is 17.7. The van der Waals surface area contributed by atoms with E-state index < -0.39 is 10.0 Å². The van der Waals surface area contributed by atoms with Crippen molar-refractivity contribution in [3.05, 3.63) is 59.6 Å². The van der Waals surface area contributed by atoms with E-state index in [0.29, 0.717) is 21.7 Å². The third-order valence-electron chi connectivity index (χ3n) is 3.36. The molecule has 2 aromatic carbocycles. The molecular formula is C17H18BrNO4S. The topological polar surface area (TPSA) is 55.8 Å². The van der Waals surface area contributed by atoms with Crippen LogP contribution in [-0.2, 0) is 10.0 Å². The minimum Gasteiger partial charge on any atom is -0.496 e. The normalized spacial score (nSPS) is 11.0. The summed E-state index contributed by atoms with van der Waals surface area (Å²) in [5.74, 6) is 1.03. The number of hydrogen-bond donors (Lipinski definition) is 0. The van der Waals surface area contributed by atoms with Crippen molar-refractivity contribution in [3.63, 3.8) is 0 Å². The van der Waals surface area contributed by atoms with Crippen molar-refractivity contribution in [2.75, 3.05) is 25.1 Å². The van der Waals surface area contributed by atoms with E-state index in [0.717, 1.165) is 0 Å². The number of sulfonamides is 1. The highest BCUT2D eigenvalue weighted by molar-refractivity contribution is 9.10. The summed E-state index contributed by atoms with van der Waals surface area (Å²) in [6.07, 6.45) is 1.53. The maximum atomic E-state index is 13.1. The van der Waals surface area contributed by atoms with Gasteiger partial charge < -0.3 is 9.47 Å². The Morgan fingerprint density at radius 3 is 2.38 bits per heavy atom. The monoisotopic (exact) mass is 411 g/mol. The lowest BCUT2D eigenvalue weighted by molar-refractivity contribution is 0.411. The highest BCUT2D eigenvalue weighted by Crippen LogP contribution is 2.34. The highest BCUT2D eigenvalue weighted by Gasteiger charge is 2.27. The molecule has 0 fully saturated rings. The molecule has 0 saturated carbocycles. The van der Waals surface area contributed by atoms with Crippen LogP contribution in [0, 0.1) is 0 Å². The molecule has 5 nitrogen and oxygen atoms in total. The van der Waals surface area contributed by atoms with Gasteiger partial charge in [0.25, 0.3) is 10.0 Å². The van der Waals surface area contributed by atoms with E-state index in [-0.39, 0.29) is 11.4 Å². The molecule has 0 spiro atoms. The molecule has 0 atom stereocenters. The third-order valence-corrected chi connectivity index (χ3v) is 5.76. The third kappa shape index (κ3) is 3.57. The van der Waals surface area contributed by atoms with E-state index in [2.05, 4.69) is 22.5 Å². The molecule has 0 N–H and O–H groups in total. The smallest absolute Gasteiger partial charge is 0.264 e. The molecule has 0 amide bonds. The molecule has 0 aliphatic rings. The molecule has 128 valence electrons. The molecule has 24 heavy (non-hydrogen) atoms. The van der Waals surface area contributed by atoms with Crippen molar-refractivity contribution >= 4 is 31.6 Å². The summed E-state index contributed by atoms with van der Waals surface area (Å²) >= 11 is 3.32. The number of ether oxygens (including phenoxy) is 2. The van der Waals surface area contributed by atoms with Crippen LogP contribution >= 0.6 is 15.9 Å². The number of hydrogen-bond acceptors (Lipinski definition) is 4. The molecule has 2 aromatic rings. The standard InChI is InChI=1S/C17H18BrNO4S/c1-4-11-19(15-7-5-6-8-17(15)23-3)24(20,21)13-9-10-16(22-2)14(18)12-13/h4-10,12H,1,11H2,2-3H3. The van der Waals surface area contributed by atoms with Gasteiger partial charge in [-0.15, -0.1) is 6.58 Å². The minimum absolute atomic E-state index is 0.117. The van der Waals surface area contributed by atoms with Gasteiger partial charge >= 0.3 is 0 Å². The Balaban J connectivity index is 2.57. The number of rotatable bonds is 7. The number of halogens is 1. The number of benzene rings is 2. The highest BCUT2D eigenvalue weighted by atomic mass is 79.9. The lowest BCUT2D eigenvalue weighted by Gasteiger charge is -2.25. The van der Waals surface area contributed by atoms with E-state index in [1.165, 1.54) is 36.7 Å². The summed E-state index contributed by atoms with van der Waals surface area (Å²) < 4.78 is 38.5. The first kappa shape index (κ1) is 18.4. The van der Waals surface area contributed by atoms with Gasteiger partial charge in [0.1, 0.15) is 11.5 Å². The molecule has 7 heteroatoms. The van der Waals surface area contributed by atoms with Crippen molar-refractivity contribution in [2.45, 2.75) is 4.90 Å². The Morgan fingerprint density at radius 1 is 1.12 bits per heavy atom. The quantitative estimate of drug-likeness (QED) is 0.649. The predicted molar refractivity (Wildman–Crippen MR) is 98.4 cm³/mol. The molecule has 2 rings (SSSR count). The van der Waals surface area contributed by atoms with Crippen molar-refractivity contribution in [3.8, 4) is 11.5 Å². The molecule has 0 aliphatic heterocycles. The van der Waals surface area contributed by atoms with Gasteiger partial charge in [0.05, 0.1) is 35.8 Å².